The van der Waals surface area contributed by atoms with Gasteiger partial charge >= 0.3 is 0 Å². The average Bonchev–Trinajstić information content (AvgIpc) is 2.23. The van der Waals surface area contributed by atoms with E-state index < -0.39 is 0 Å². The van der Waals surface area contributed by atoms with Crippen LogP contribution in [0.25, 0.3) is 10.9 Å². The minimum absolute atomic E-state index is 0.0492. The molecule has 0 aliphatic carbocycles. The van der Waals surface area contributed by atoms with Gasteiger partial charge in [0.25, 0.3) is 5.56 Å². The quantitative estimate of drug-likeness (QED) is 0.742. The van der Waals surface area contributed by atoms with Gasteiger partial charge in [-0.3, -0.25) is 4.79 Å². The Balaban J connectivity index is 2.88. The maximum absolute atomic E-state index is 11.4. The average molecular weight is 224 g/mol. The molecule has 0 saturated heterocycles. The summed E-state index contributed by atoms with van der Waals surface area (Å²) >= 11 is 5.98. The van der Waals surface area contributed by atoms with Gasteiger partial charge in [0.2, 0.25) is 0 Å². The van der Waals surface area contributed by atoms with Gasteiger partial charge in [-0.25, -0.2) is 0 Å². The van der Waals surface area contributed by atoms with Gasteiger partial charge in [-0.2, -0.15) is 0 Å². The van der Waals surface area contributed by atoms with Crippen LogP contribution in [0.2, 0.25) is 5.02 Å². The van der Waals surface area contributed by atoms with E-state index in [1.165, 1.54) is 6.07 Å². The number of aromatic nitrogens is 1. The molecule has 3 nitrogen and oxygen atoms in total. The van der Waals surface area contributed by atoms with E-state index in [9.17, 15) is 4.79 Å². The number of methoxy groups -OCH3 is 1. The second kappa shape index (κ2) is 3.59. The van der Waals surface area contributed by atoms with Crippen LogP contribution in [0.3, 0.4) is 0 Å². The van der Waals surface area contributed by atoms with Crippen LogP contribution in [0.1, 0.15) is 0 Å². The van der Waals surface area contributed by atoms with Crippen molar-refractivity contribution in [3.8, 4) is 5.75 Å². The van der Waals surface area contributed by atoms with Crippen molar-refractivity contribution in [2.45, 2.75) is 0 Å². The summed E-state index contributed by atoms with van der Waals surface area (Å²) in [5.41, 5.74) is 0.760. The SMILES string of the molecule is COc1cc2c(ccc(=O)n2C)cc1Cl. The summed E-state index contributed by atoms with van der Waals surface area (Å²) in [7, 11) is 3.27. The molecule has 0 fully saturated rings. The molecule has 0 unspecified atom stereocenters. The zero-order chi connectivity index (χ0) is 11.0. The normalized spacial score (nSPS) is 10.6. The monoisotopic (exact) mass is 223 g/mol. The van der Waals surface area contributed by atoms with Crippen LogP contribution in [-0.2, 0) is 7.05 Å². The maximum Gasteiger partial charge on any atom is 0.250 e. The predicted octanol–water partition coefficient (Wildman–Crippen LogP) is 2.20. The Kier molecular flexibility index (Phi) is 2.40. The Morgan fingerprint density at radius 1 is 1.33 bits per heavy atom. The Morgan fingerprint density at radius 3 is 2.73 bits per heavy atom. The van der Waals surface area contributed by atoms with Gasteiger partial charge in [0.15, 0.2) is 0 Å². The van der Waals surface area contributed by atoms with Crippen LogP contribution >= 0.6 is 11.6 Å². The number of hydrogen-bond acceptors (Lipinski definition) is 2. The summed E-state index contributed by atoms with van der Waals surface area (Å²) in [6.45, 7) is 0. The predicted molar refractivity (Wildman–Crippen MR) is 60.8 cm³/mol. The van der Waals surface area contributed by atoms with Crippen LogP contribution in [0.5, 0.6) is 5.75 Å². The maximum atomic E-state index is 11.4. The van der Waals surface area contributed by atoms with Crippen LogP contribution in [0.4, 0.5) is 0 Å². The Hall–Kier alpha value is -1.48. The first kappa shape index (κ1) is 10.1. The molecule has 0 aliphatic rings. The van der Waals surface area contributed by atoms with Crippen molar-refractivity contribution in [2.24, 2.45) is 7.05 Å². The number of ether oxygens (including phenoxy) is 1. The molecule has 0 bridgehead atoms. The second-order valence-corrected chi connectivity index (χ2v) is 3.68. The van der Waals surface area contributed by atoms with E-state index in [4.69, 9.17) is 16.3 Å². The van der Waals surface area contributed by atoms with E-state index in [2.05, 4.69) is 0 Å². The Bertz CT molecular complexity index is 575. The number of benzene rings is 1. The van der Waals surface area contributed by atoms with Crippen molar-refractivity contribution >= 4 is 22.5 Å². The highest BCUT2D eigenvalue weighted by Gasteiger charge is 2.05. The summed E-state index contributed by atoms with van der Waals surface area (Å²) in [4.78, 5) is 11.4. The molecule has 0 atom stereocenters. The highest BCUT2D eigenvalue weighted by Crippen LogP contribution is 2.28. The van der Waals surface area contributed by atoms with E-state index in [1.807, 2.05) is 0 Å². The molecule has 4 heteroatoms. The molecule has 2 rings (SSSR count). The van der Waals surface area contributed by atoms with Gasteiger partial charge in [0.1, 0.15) is 5.75 Å². The van der Waals surface area contributed by atoms with E-state index in [0.29, 0.717) is 10.8 Å². The van der Waals surface area contributed by atoms with Crippen molar-refractivity contribution in [3.63, 3.8) is 0 Å². The van der Waals surface area contributed by atoms with Crippen LogP contribution in [-0.4, -0.2) is 11.7 Å². The smallest absolute Gasteiger partial charge is 0.250 e. The first-order valence-corrected chi connectivity index (χ1v) is 4.84. The van der Waals surface area contributed by atoms with Gasteiger partial charge < -0.3 is 9.30 Å². The molecular formula is C11H10ClNO2. The highest BCUT2D eigenvalue weighted by atomic mass is 35.5. The molecule has 1 aromatic heterocycles. The van der Waals surface area contributed by atoms with Crippen molar-refractivity contribution in [1.29, 1.82) is 0 Å². The minimum atomic E-state index is -0.0492. The molecule has 0 spiro atoms. The van der Waals surface area contributed by atoms with Crippen LogP contribution in [0, 0.1) is 0 Å². The number of fused-ring (bicyclic) bond motifs is 1. The topological polar surface area (TPSA) is 31.2 Å². The fraction of sp³-hybridized carbons (Fsp3) is 0.182. The number of hydrogen-bond donors (Lipinski definition) is 0. The molecule has 0 radical (unpaired) electrons. The zero-order valence-corrected chi connectivity index (χ0v) is 9.21. The third-order valence-electron chi connectivity index (χ3n) is 2.40. The number of aryl methyl sites for hydroxylation is 1. The summed E-state index contributed by atoms with van der Waals surface area (Å²) in [6, 6.07) is 6.82. The lowest BCUT2D eigenvalue weighted by atomic mass is 10.2. The lowest BCUT2D eigenvalue weighted by molar-refractivity contribution is 0.415. The molecule has 1 aromatic carbocycles. The van der Waals surface area contributed by atoms with Gasteiger partial charge in [0, 0.05) is 24.6 Å². The van der Waals surface area contributed by atoms with Gasteiger partial charge in [-0.15, -0.1) is 0 Å². The molecule has 15 heavy (non-hydrogen) atoms. The molecular weight excluding hydrogens is 214 g/mol. The second-order valence-electron chi connectivity index (χ2n) is 3.28. The third kappa shape index (κ3) is 1.59. The van der Waals surface area contributed by atoms with E-state index in [-0.39, 0.29) is 5.56 Å². The van der Waals surface area contributed by atoms with E-state index in [0.717, 1.165) is 10.9 Å². The molecule has 0 aliphatic heterocycles. The summed E-state index contributed by atoms with van der Waals surface area (Å²) < 4.78 is 6.66. The van der Waals surface area contributed by atoms with Crippen LogP contribution < -0.4 is 10.3 Å². The Morgan fingerprint density at radius 2 is 2.07 bits per heavy atom. The number of halogens is 1. The summed E-state index contributed by atoms with van der Waals surface area (Å²) in [5.74, 6) is 0.574. The standard InChI is InChI=1S/C11H10ClNO2/c1-13-9-6-10(15-2)8(12)5-7(9)3-4-11(13)14/h3-6H,1-2H3. The first-order valence-electron chi connectivity index (χ1n) is 4.47. The van der Waals surface area contributed by atoms with E-state index >= 15 is 0 Å². The number of rotatable bonds is 1. The molecule has 0 amide bonds. The lowest BCUT2D eigenvalue weighted by Crippen LogP contribution is -2.14. The zero-order valence-electron chi connectivity index (χ0n) is 8.45. The van der Waals surface area contributed by atoms with E-state index in [1.54, 1.807) is 36.9 Å². The molecule has 2 aromatic rings. The van der Waals surface area contributed by atoms with Crippen molar-refractivity contribution in [3.05, 3.63) is 39.6 Å². The third-order valence-corrected chi connectivity index (χ3v) is 2.69. The Labute approximate surface area is 91.9 Å². The van der Waals surface area contributed by atoms with Gasteiger partial charge in [-0.1, -0.05) is 11.6 Å². The fourth-order valence-corrected chi connectivity index (χ4v) is 1.78. The van der Waals surface area contributed by atoms with Crippen molar-refractivity contribution < 1.29 is 4.74 Å². The highest BCUT2D eigenvalue weighted by molar-refractivity contribution is 6.32. The van der Waals surface area contributed by atoms with Crippen molar-refractivity contribution in [1.82, 2.24) is 4.57 Å². The number of pyridine rings is 1. The molecule has 78 valence electrons. The molecule has 0 saturated carbocycles. The van der Waals surface area contributed by atoms with Gasteiger partial charge in [-0.05, 0) is 12.1 Å². The fourth-order valence-electron chi connectivity index (χ4n) is 1.53. The lowest BCUT2D eigenvalue weighted by Gasteiger charge is -2.08. The minimum Gasteiger partial charge on any atom is -0.495 e. The number of nitrogens with zero attached hydrogens (tertiary/aromatic N) is 1. The largest absolute Gasteiger partial charge is 0.495 e. The molecule has 0 N–H and O–H groups in total. The summed E-state index contributed by atoms with van der Waals surface area (Å²) in [6.07, 6.45) is 0. The molecule has 1 heterocycles. The summed E-state index contributed by atoms with van der Waals surface area (Å²) in [5, 5.41) is 1.46. The van der Waals surface area contributed by atoms with Gasteiger partial charge in [0.05, 0.1) is 17.6 Å². The van der Waals surface area contributed by atoms with Crippen molar-refractivity contribution in [2.75, 3.05) is 7.11 Å². The first-order chi connectivity index (χ1) is 7.13. The van der Waals surface area contributed by atoms with Crippen LogP contribution in [0.15, 0.2) is 29.1 Å².